The van der Waals surface area contributed by atoms with E-state index in [1.54, 1.807) is 5.32 Å². The van der Waals surface area contributed by atoms with Crippen LogP contribution in [0.2, 0.25) is 0 Å². The maximum absolute atomic E-state index is 13.4. The number of hydrogen-bond donors (Lipinski definition) is 1. The van der Waals surface area contributed by atoms with Gasteiger partial charge in [0.25, 0.3) is 5.91 Å². The highest BCUT2D eigenvalue weighted by Crippen LogP contribution is 2.30. The molecular weight excluding hydrogens is 285 g/mol. The standard InChI is InChI=1S/C12H10F5NO2/c1-12(3-2-4-20-12)11(19)18-10-8(16)6(14)5(13)7(15)9(10)17/h2-4H2,1H3,(H,18,19). The molecule has 0 radical (unpaired) electrons. The first kappa shape index (κ1) is 14.7. The molecule has 1 aromatic carbocycles. The zero-order valence-electron chi connectivity index (χ0n) is 10.3. The number of ether oxygens (including phenoxy) is 1. The van der Waals surface area contributed by atoms with Crippen LogP contribution in [0, 0.1) is 29.1 Å². The Bertz CT molecular complexity index is 540. The Morgan fingerprint density at radius 3 is 2.00 bits per heavy atom. The van der Waals surface area contributed by atoms with E-state index in [0.717, 1.165) is 0 Å². The molecule has 2 rings (SSSR count). The lowest BCUT2D eigenvalue weighted by Crippen LogP contribution is -2.39. The van der Waals surface area contributed by atoms with Crippen molar-refractivity contribution in [1.29, 1.82) is 0 Å². The van der Waals surface area contributed by atoms with Crippen LogP contribution >= 0.6 is 0 Å². The lowest BCUT2D eigenvalue weighted by molar-refractivity contribution is -0.133. The molecule has 1 unspecified atom stereocenters. The predicted octanol–water partition coefficient (Wildman–Crippen LogP) is 2.89. The van der Waals surface area contributed by atoms with Crippen LogP contribution in [0.5, 0.6) is 0 Å². The summed E-state index contributed by atoms with van der Waals surface area (Å²) in [6.07, 6.45) is 0.843. The van der Waals surface area contributed by atoms with E-state index >= 15 is 0 Å². The normalized spacial score (nSPS) is 22.1. The second-order valence-corrected chi connectivity index (χ2v) is 4.58. The molecule has 0 spiro atoms. The third kappa shape index (κ3) is 2.24. The minimum Gasteiger partial charge on any atom is -0.365 e. The quantitative estimate of drug-likeness (QED) is 0.517. The summed E-state index contributed by atoms with van der Waals surface area (Å²) in [6.45, 7) is 1.66. The number of rotatable bonds is 2. The fourth-order valence-corrected chi connectivity index (χ4v) is 1.92. The molecule has 1 atom stereocenters. The molecule has 3 nitrogen and oxygen atoms in total. The molecule has 1 heterocycles. The Morgan fingerprint density at radius 1 is 1.05 bits per heavy atom. The average Bonchev–Trinajstić information content (AvgIpc) is 2.87. The minimum atomic E-state index is -2.28. The van der Waals surface area contributed by atoms with E-state index in [-0.39, 0.29) is 13.0 Å². The fourth-order valence-electron chi connectivity index (χ4n) is 1.92. The fraction of sp³-hybridized carbons (Fsp3) is 0.417. The number of carbonyl (C=O) groups excluding carboxylic acids is 1. The van der Waals surface area contributed by atoms with Crippen molar-refractivity contribution in [1.82, 2.24) is 0 Å². The molecule has 8 heteroatoms. The van der Waals surface area contributed by atoms with E-state index in [1.807, 2.05) is 0 Å². The van der Waals surface area contributed by atoms with E-state index in [4.69, 9.17) is 4.74 Å². The Hall–Kier alpha value is -1.70. The largest absolute Gasteiger partial charge is 0.365 e. The lowest BCUT2D eigenvalue weighted by atomic mass is 10.0. The molecule has 0 bridgehead atoms. The van der Waals surface area contributed by atoms with Gasteiger partial charge >= 0.3 is 0 Å². The Kier molecular flexibility index (Phi) is 3.68. The highest BCUT2D eigenvalue weighted by Gasteiger charge is 2.39. The molecular formula is C12H10F5NO2. The van der Waals surface area contributed by atoms with E-state index in [9.17, 15) is 26.7 Å². The Morgan fingerprint density at radius 2 is 1.55 bits per heavy atom. The van der Waals surface area contributed by atoms with Crippen LogP contribution in [0.4, 0.5) is 27.6 Å². The molecule has 1 saturated heterocycles. The molecule has 0 aliphatic carbocycles. The van der Waals surface area contributed by atoms with E-state index in [0.29, 0.717) is 6.42 Å². The summed E-state index contributed by atoms with van der Waals surface area (Å²) in [4.78, 5) is 11.8. The van der Waals surface area contributed by atoms with Crippen molar-refractivity contribution in [3.8, 4) is 0 Å². The van der Waals surface area contributed by atoms with Gasteiger partial charge in [-0.3, -0.25) is 4.79 Å². The molecule has 0 aromatic heterocycles. The molecule has 1 N–H and O–H groups in total. The van der Waals surface area contributed by atoms with Crippen molar-refractivity contribution in [2.24, 2.45) is 0 Å². The van der Waals surface area contributed by atoms with Gasteiger partial charge in [-0.2, -0.15) is 0 Å². The second-order valence-electron chi connectivity index (χ2n) is 4.58. The van der Waals surface area contributed by atoms with Gasteiger partial charge in [-0.15, -0.1) is 0 Å². The maximum atomic E-state index is 13.4. The number of carbonyl (C=O) groups is 1. The molecule has 1 aliphatic rings. The lowest BCUT2D eigenvalue weighted by Gasteiger charge is -2.22. The smallest absolute Gasteiger partial charge is 0.256 e. The highest BCUT2D eigenvalue weighted by atomic mass is 19.2. The number of anilines is 1. The number of hydrogen-bond acceptors (Lipinski definition) is 2. The summed E-state index contributed by atoms with van der Waals surface area (Å²) in [7, 11) is 0. The van der Waals surface area contributed by atoms with Gasteiger partial charge in [0.05, 0.1) is 0 Å². The van der Waals surface area contributed by atoms with Gasteiger partial charge in [0, 0.05) is 6.61 Å². The van der Waals surface area contributed by atoms with Crippen LogP contribution in [-0.4, -0.2) is 18.1 Å². The molecule has 1 aromatic rings. The van der Waals surface area contributed by atoms with Crippen LogP contribution in [-0.2, 0) is 9.53 Å². The van der Waals surface area contributed by atoms with Crippen LogP contribution in [0.15, 0.2) is 0 Å². The maximum Gasteiger partial charge on any atom is 0.256 e. The van der Waals surface area contributed by atoms with Gasteiger partial charge in [0.2, 0.25) is 5.82 Å². The van der Waals surface area contributed by atoms with E-state index in [1.165, 1.54) is 6.92 Å². The third-order valence-corrected chi connectivity index (χ3v) is 3.15. The summed E-state index contributed by atoms with van der Waals surface area (Å²) in [5, 5.41) is 1.71. The molecule has 0 saturated carbocycles. The zero-order chi connectivity index (χ0) is 15.1. The molecule has 20 heavy (non-hydrogen) atoms. The summed E-state index contributed by atoms with van der Waals surface area (Å²) >= 11 is 0. The van der Waals surface area contributed by atoms with Gasteiger partial charge in [-0.1, -0.05) is 0 Å². The van der Waals surface area contributed by atoms with Crippen LogP contribution in [0.1, 0.15) is 19.8 Å². The van der Waals surface area contributed by atoms with Crippen molar-refractivity contribution in [3.05, 3.63) is 29.1 Å². The van der Waals surface area contributed by atoms with Crippen LogP contribution in [0.25, 0.3) is 0 Å². The number of amides is 1. The van der Waals surface area contributed by atoms with Crippen molar-refractivity contribution >= 4 is 11.6 Å². The van der Waals surface area contributed by atoms with Gasteiger partial charge in [-0.05, 0) is 19.8 Å². The minimum absolute atomic E-state index is 0.279. The van der Waals surface area contributed by atoms with E-state index < -0.39 is 46.3 Å². The van der Waals surface area contributed by atoms with Gasteiger partial charge in [0.1, 0.15) is 11.3 Å². The summed E-state index contributed by atoms with van der Waals surface area (Å²) < 4.78 is 70.7. The van der Waals surface area contributed by atoms with Gasteiger partial charge < -0.3 is 10.1 Å². The molecule has 1 fully saturated rings. The number of halogens is 5. The topological polar surface area (TPSA) is 38.3 Å². The molecule has 1 amide bonds. The van der Waals surface area contributed by atoms with Gasteiger partial charge in [0.15, 0.2) is 23.3 Å². The van der Waals surface area contributed by atoms with Crippen LogP contribution < -0.4 is 5.32 Å². The van der Waals surface area contributed by atoms with Crippen molar-refractivity contribution in [2.45, 2.75) is 25.4 Å². The van der Waals surface area contributed by atoms with Crippen molar-refractivity contribution in [3.63, 3.8) is 0 Å². The second kappa shape index (κ2) is 5.01. The number of nitrogens with one attached hydrogen (secondary N) is 1. The first-order valence-electron chi connectivity index (χ1n) is 5.75. The van der Waals surface area contributed by atoms with Crippen molar-refractivity contribution < 1.29 is 31.5 Å². The molecule has 110 valence electrons. The van der Waals surface area contributed by atoms with E-state index in [2.05, 4.69) is 0 Å². The number of benzene rings is 1. The highest BCUT2D eigenvalue weighted by molar-refractivity contribution is 5.97. The third-order valence-electron chi connectivity index (χ3n) is 3.15. The van der Waals surface area contributed by atoms with Crippen molar-refractivity contribution in [2.75, 3.05) is 11.9 Å². The Labute approximate surface area is 110 Å². The van der Waals surface area contributed by atoms with Gasteiger partial charge in [-0.25, -0.2) is 22.0 Å². The monoisotopic (exact) mass is 295 g/mol. The Balaban J connectivity index is 2.37. The predicted molar refractivity (Wildman–Crippen MR) is 58.5 cm³/mol. The summed E-state index contributed by atoms with van der Waals surface area (Å²) in [6, 6.07) is 0. The van der Waals surface area contributed by atoms with Crippen LogP contribution in [0.3, 0.4) is 0 Å². The summed E-state index contributed by atoms with van der Waals surface area (Å²) in [5.74, 6) is -11.6. The molecule has 1 aliphatic heterocycles. The summed E-state index contributed by atoms with van der Waals surface area (Å²) in [5.41, 5.74) is -2.72. The average molecular weight is 295 g/mol. The SMILES string of the molecule is CC1(C(=O)Nc2c(F)c(F)c(F)c(F)c2F)CCCO1. The zero-order valence-corrected chi connectivity index (χ0v) is 10.3. The first-order valence-corrected chi connectivity index (χ1v) is 5.75. The first-order chi connectivity index (χ1) is 9.28.